The van der Waals surface area contributed by atoms with E-state index in [9.17, 15) is 14.4 Å². The Kier molecular flexibility index (Phi) is 4.57. The fourth-order valence-corrected chi connectivity index (χ4v) is 3.31. The van der Waals surface area contributed by atoms with Crippen LogP contribution in [0.25, 0.3) is 10.1 Å². The highest BCUT2D eigenvalue weighted by molar-refractivity contribution is 7.20. The highest BCUT2D eigenvalue weighted by Gasteiger charge is 2.15. The SMILES string of the molecule is CCOC(=O)c1cc2c(=O)n(CC(=O)c3ccccc3)ccc2s1. The van der Waals surface area contributed by atoms with Crippen LogP contribution in [-0.2, 0) is 11.3 Å². The third kappa shape index (κ3) is 3.14. The van der Waals surface area contributed by atoms with Crippen LogP contribution in [0.15, 0.2) is 53.5 Å². The average Bonchev–Trinajstić information content (AvgIpc) is 3.03. The van der Waals surface area contributed by atoms with Crippen molar-refractivity contribution >= 4 is 33.2 Å². The van der Waals surface area contributed by atoms with Crippen LogP contribution < -0.4 is 5.56 Å². The Morgan fingerprint density at radius 2 is 1.92 bits per heavy atom. The van der Waals surface area contributed by atoms with E-state index >= 15 is 0 Å². The second-order valence-electron chi connectivity index (χ2n) is 5.15. The molecule has 0 radical (unpaired) electrons. The molecule has 0 unspecified atom stereocenters. The molecule has 0 atom stereocenters. The minimum absolute atomic E-state index is 0.0383. The van der Waals surface area contributed by atoms with Crippen LogP contribution >= 0.6 is 11.3 Å². The van der Waals surface area contributed by atoms with Gasteiger partial charge in [0.15, 0.2) is 5.78 Å². The number of ketones is 1. The molecule has 3 rings (SSSR count). The smallest absolute Gasteiger partial charge is 0.348 e. The molecule has 24 heavy (non-hydrogen) atoms. The number of fused-ring (bicyclic) bond motifs is 1. The lowest BCUT2D eigenvalue weighted by atomic mass is 10.1. The first kappa shape index (κ1) is 16.1. The maximum Gasteiger partial charge on any atom is 0.348 e. The number of thiophene rings is 1. The standard InChI is InChI=1S/C18H15NO4S/c1-2-23-18(22)16-10-13-15(24-16)8-9-19(17(13)21)11-14(20)12-6-4-3-5-7-12/h3-10H,2,11H2,1H3. The maximum absolute atomic E-state index is 12.6. The summed E-state index contributed by atoms with van der Waals surface area (Å²) in [5.41, 5.74) is 0.269. The van der Waals surface area contributed by atoms with Gasteiger partial charge in [-0.1, -0.05) is 30.3 Å². The van der Waals surface area contributed by atoms with Gasteiger partial charge >= 0.3 is 5.97 Å². The predicted molar refractivity (Wildman–Crippen MR) is 92.8 cm³/mol. The van der Waals surface area contributed by atoms with Crippen LogP contribution in [-0.4, -0.2) is 22.9 Å². The second-order valence-corrected chi connectivity index (χ2v) is 6.23. The molecular formula is C18H15NO4S. The largest absolute Gasteiger partial charge is 0.462 e. The first-order valence-electron chi connectivity index (χ1n) is 7.48. The molecular weight excluding hydrogens is 326 g/mol. The minimum Gasteiger partial charge on any atom is -0.462 e. The lowest BCUT2D eigenvalue weighted by molar-refractivity contribution is 0.0532. The first-order chi connectivity index (χ1) is 11.6. The van der Waals surface area contributed by atoms with E-state index in [-0.39, 0.29) is 24.5 Å². The molecule has 1 aromatic carbocycles. The summed E-state index contributed by atoms with van der Waals surface area (Å²) < 4.78 is 7.02. The van der Waals surface area contributed by atoms with Crippen molar-refractivity contribution in [2.75, 3.05) is 6.61 Å². The lowest BCUT2D eigenvalue weighted by Gasteiger charge is -2.05. The fourth-order valence-electron chi connectivity index (χ4n) is 2.37. The molecule has 0 saturated carbocycles. The van der Waals surface area contributed by atoms with Crippen LogP contribution in [0.5, 0.6) is 0 Å². The molecule has 122 valence electrons. The quantitative estimate of drug-likeness (QED) is 0.528. The van der Waals surface area contributed by atoms with E-state index in [2.05, 4.69) is 0 Å². The molecule has 2 heterocycles. The second kappa shape index (κ2) is 6.80. The van der Waals surface area contributed by atoms with E-state index in [1.807, 2.05) is 6.07 Å². The van der Waals surface area contributed by atoms with E-state index in [0.29, 0.717) is 20.5 Å². The van der Waals surface area contributed by atoms with Gasteiger partial charge in [0, 0.05) is 16.5 Å². The van der Waals surface area contributed by atoms with Crippen molar-refractivity contribution in [2.24, 2.45) is 0 Å². The number of aromatic nitrogens is 1. The van der Waals surface area contributed by atoms with Crippen LogP contribution in [0.4, 0.5) is 0 Å². The van der Waals surface area contributed by atoms with Gasteiger partial charge in [-0.25, -0.2) is 4.79 Å². The Labute approximate surface area is 142 Å². The van der Waals surface area contributed by atoms with Gasteiger partial charge in [-0.2, -0.15) is 0 Å². The Balaban J connectivity index is 1.93. The number of Topliss-reactive ketones (excluding diaryl/α,β-unsaturated/α-hetero) is 1. The first-order valence-corrected chi connectivity index (χ1v) is 8.30. The fraction of sp³-hybridized carbons (Fsp3) is 0.167. The summed E-state index contributed by atoms with van der Waals surface area (Å²) >= 11 is 1.21. The summed E-state index contributed by atoms with van der Waals surface area (Å²) in [6.45, 7) is 1.97. The molecule has 6 heteroatoms. The van der Waals surface area contributed by atoms with E-state index in [1.54, 1.807) is 43.5 Å². The van der Waals surface area contributed by atoms with E-state index < -0.39 is 5.97 Å². The molecule has 0 aliphatic heterocycles. The van der Waals surface area contributed by atoms with Crippen molar-refractivity contribution in [3.8, 4) is 0 Å². The number of nitrogens with zero attached hydrogens (tertiary/aromatic N) is 1. The van der Waals surface area contributed by atoms with Crippen molar-refractivity contribution in [1.82, 2.24) is 4.57 Å². The van der Waals surface area contributed by atoms with Gasteiger partial charge < -0.3 is 9.30 Å². The van der Waals surface area contributed by atoms with Gasteiger partial charge in [0.05, 0.1) is 18.5 Å². The number of rotatable bonds is 5. The van der Waals surface area contributed by atoms with Crippen LogP contribution in [0.2, 0.25) is 0 Å². The molecule has 0 aliphatic carbocycles. The highest BCUT2D eigenvalue weighted by Crippen LogP contribution is 2.23. The van der Waals surface area contributed by atoms with Gasteiger partial charge in [0.2, 0.25) is 0 Å². The zero-order chi connectivity index (χ0) is 17.1. The maximum atomic E-state index is 12.6. The molecule has 0 N–H and O–H groups in total. The zero-order valence-electron chi connectivity index (χ0n) is 13.0. The lowest BCUT2D eigenvalue weighted by Crippen LogP contribution is -2.23. The molecule has 0 fully saturated rings. The van der Waals surface area contributed by atoms with E-state index in [4.69, 9.17) is 4.74 Å². The van der Waals surface area contributed by atoms with Gasteiger partial charge in [-0.15, -0.1) is 11.3 Å². The van der Waals surface area contributed by atoms with Crippen LogP contribution in [0, 0.1) is 0 Å². The van der Waals surface area contributed by atoms with Crippen LogP contribution in [0.3, 0.4) is 0 Å². The Bertz CT molecular complexity index is 956. The summed E-state index contributed by atoms with van der Waals surface area (Å²) in [7, 11) is 0. The number of pyridine rings is 1. The number of hydrogen-bond donors (Lipinski definition) is 0. The third-order valence-corrected chi connectivity index (χ3v) is 4.62. The Morgan fingerprint density at radius 1 is 1.17 bits per heavy atom. The number of benzene rings is 1. The summed E-state index contributed by atoms with van der Waals surface area (Å²) in [6, 6.07) is 12.1. The van der Waals surface area contributed by atoms with E-state index in [1.165, 1.54) is 22.0 Å². The number of esters is 1. The summed E-state index contributed by atoms with van der Waals surface area (Å²) in [4.78, 5) is 37.0. The summed E-state index contributed by atoms with van der Waals surface area (Å²) in [6.07, 6.45) is 1.58. The molecule has 2 aromatic heterocycles. The summed E-state index contributed by atoms with van der Waals surface area (Å²) in [5.74, 6) is -0.581. The van der Waals surface area contributed by atoms with Crippen molar-refractivity contribution in [1.29, 1.82) is 0 Å². The number of carbonyl (C=O) groups excluding carboxylic acids is 2. The third-order valence-electron chi connectivity index (χ3n) is 3.54. The van der Waals surface area contributed by atoms with Crippen molar-refractivity contribution in [3.63, 3.8) is 0 Å². The molecule has 0 aliphatic rings. The normalized spacial score (nSPS) is 10.7. The van der Waals surface area contributed by atoms with Crippen molar-refractivity contribution < 1.29 is 14.3 Å². The predicted octanol–water partition coefficient (Wildman–Crippen LogP) is 3.12. The topological polar surface area (TPSA) is 65.4 Å². The molecule has 0 spiro atoms. The molecule has 5 nitrogen and oxygen atoms in total. The minimum atomic E-state index is -0.440. The highest BCUT2D eigenvalue weighted by atomic mass is 32.1. The molecule has 0 bridgehead atoms. The Morgan fingerprint density at radius 3 is 2.62 bits per heavy atom. The monoisotopic (exact) mass is 341 g/mol. The number of hydrogen-bond acceptors (Lipinski definition) is 5. The summed E-state index contributed by atoms with van der Waals surface area (Å²) in [5, 5.41) is 0.423. The average molecular weight is 341 g/mol. The zero-order valence-corrected chi connectivity index (χ0v) is 13.8. The molecule has 0 amide bonds. The number of carbonyl (C=O) groups is 2. The number of ether oxygens (including phenoxy) is 1. The molecule has 0 saturated heterocycles. The van der Waals surface area contributed by atoms with Crippen LogP contribution in [0.1, 0.15) is 27.0 Å². The van der Waals surface area contributed by atoms with Crippen molar-refractivity contribution in [2.45, 2.75) is 13.5 Å². The van der Waals surface area contributed by atoms with Gasteiger partial charge in [-0.05, 0) is 19.1 Å². The molecule has 3 aromatic rings. The van der Waals surface area contributed by atoms with E-state index in [0.717, 1.165) is 0 Å². The van der Waals surface area contributed by atoms with Gasteiger partial charge in [-0.3, -0.25) is 9.59 Å². The Hall–Kier alpha value is -2.73. The van der Waals surface area contributed by atoms with Crippen molar-refractivity contribution in [3.05, 3.63) is 69.5 Å². The van der Waals surface area contributed by atoms with Gasteiger partial charge in [0.25, 0.3) is 5.56 Å². The van der Waals surface area contributed by atoms with Gasteiger partial charge in [0.1, 0.15) is 4.88 Å².